The number of nitrogens with one attached hydrogen (secondary N) is 1. The number of hydrogen-bond acceptors (Lipinski definition) is 2. The average molecular weight is 213 g/mol. The van der Waals surface area contributed by atoms with E-state index in [2.05, 4.69) is 5.32 Å². The number of halogens is 2. The van der Waals surface area contributed by atoms with E-state index in [1.54, 1.807) is 6.07 Å². The lowest BCUT2D eigenvalue weighted by atomic mass is 9.98. The standard InChI is InChI=1S/C11H13F2NO/c1-15-10-5-8(4-9(12)11(10)13)7-2-3-14-6-7/h4-5,7,14H,2-3,6H2,1H3/t7-/m1/s1. The highest BCUT2D eigenvalue weighted by Crippen LogP contribution is 2.29. The molecule has 1 N–H and O–H groups in total. The lowest BCUT2D eigenvalue weighted by Crippen LogP contribution is -2.08. The van der Waals surface area contributed by atoms with Crippen molar-refractivity contribution >= 4 is 0 Å². The van der Waals surface area contributed by atoms with E-state index in [1.807, 2.05) is 0 Å². The normalized spacial score (nSPS) is 20.6. The molecule has 2 nitrogen and oxygen atoms in total. The van der Waals surface area contributed by atoms with Crippen molar-refractivity contribution in [3.63, 3.8) is 0 Å². The minimum absolute atomic E-state index is 0.0168. The van der Waals surface area contributed by atoms with Gasteiger partial charge in [0.1, 0.15) is 0 Å². The summed E-state index contributed by atoms with van der Waals surface area (Å²) in [6.07, 6.45) is 0.953. The van der Waals surface area contributed by atoms with Crippen LogP contribution in [-0.2, 0) is 0 Å². The van der Waals surface area contributed by atoms with Gasteiger partial charge in [-0.05, 0) is 36.6 Å². The van der Waals surface area contributed by atoms with Crippen molar-refractivity contribution in [3.05, 3.63) is 29.3 Å². The topological polar surface area (TPSA) is 21.3 Å². The monoisotopic (exact) mass is 213 g/mol. The summed E-state index contributed by atoms with van der Waals surface area (Å²) in [5, 5.41) is 3.19. The molecule has 0 aliphatic carbocycles. The van der Waals surface area contributed by atoms with Crippen LogP contribution in [0.3, 0.4) is 0 Å². The van der Waals surface area contributed by atoms with Crippen LogP contribution >= 0.6 is 0 Å². The Morgan fingerprint density at radius 2 is 2.20 bits per heavy atom. The number of benzene rings is 1. The summed E-state index contributed by atoms with van der Waals surface area (Å²) in [5.41, 5.74) is 0.802. The maximum atomic E-state index is 13.2. The molecule has 0 saturated carbocycles. The van der Waals surface area contributed by atoms with Crippen molar-refractivity contribution < 1.29 is 13.5 Å². The third-order valence-electron chi connectivity index (χ3n) is 2.77. The molecule has 82 valence electrons. The van der Waals surface area contributed by atoms with Gasteiger partial charge in [-0.1, -0.05) is 0 Å². The van der Waals surface area contributed by atoms with Crippen LogP contribution in [0.1, 0.15) is 17.9 Å². The van der Waals surface area contributed by atoms with E-state index in [-0.39, 0.29) is 11.7 Å². The second-order valence-corrected chi connectivity index (χ2v) is 3.71. The van der Waals surface area contributed by atoms with E-state index < -0.39 is 11.6 Å². The van der Waals surface area contributed by atoms with Crippen LogP contribution in [0.25, 0.3) is 0 Å². The van der Waals surface area contributed by atoms with Crippen LogP contribution < -0.4 is 10.1 Å². The highest BCUT2D eigenvalue weighted by Gasteiger charge is 2.20. The van der Waals surface area contributed by atoms with E-state index in [0.717, 1.165) is 25.1 Å². The van der Waals surface area contributed by atoms with E-state index in [1.165, 1.54) is 13.2 Å². The molecule has 0 bridgehead atoms. The largest absolute Gasteiger partial charge is 0.494 e. The van der Waals surface area contributed by atoms with Crippen LogP contribution in [0.5, 0.6) is 5.75 Å². The summed E-state index contributed by atoms with van der Waals surface area (Å²) in [6.45, 7) is 1.74. The highest BCUT2D eigenvalue weighted by molar-refractivity contribution is 5.34. The fourth-order valence-corrected chi connectivity index (χ4v) is 1.91. The Balaban J connectivity index is 2.35. The summed E-state index contributed by atoms with van der Waals surface area (Å²) < 4.78 is 31.1. The molecule has 15 heavy (non-hydrogen) atoms. The van der Waals surface area contributed by atoms with Crippen LogP contribution in [0.15, 0.2) is 12.1 Å². The Labute approximate surface area is 87.2 Å². The Kier molecular flexibility index (Phi) is 2.86. The van der Waals surface area contributed by atoms with E-state index >= 15 is 0 Å². The second kappa shape index (κ2) is 4.14. The summed E-state index contributed by atoms with van der Waals surface area (Å²) >= 11 is 0. The van der Waals surface area contributed by atoms with Crippen LogP contribution in [0.2, 0.25) is 0 Å². The van der Waals surface area contributed by atoms with Gasteiger partial charge in [0, 0.05) is 6.54 Å². The number of rotatable bonds is 2. The van der Waals surface area contributed by atoms with E-state index in [9.17, 15) is 8.78 Å². The number of ether oxygens (including phenoxy) is 1. The van der Waals surface area contributed by atoms with Crippen molar-refractivity contribution in [1.29, 1.82) is 0 Å². The Bertz CT molecular complexity index is 362. The molecule has 0 aromatic heterocycles. The molecule has 0 amide bonds. The van der Waals surface area contributed by atoms with Gasteiger partial charge in [-0.3, -0.25) is 0 Å². The molecule has 1 fully saturated rings. The SMILES string of the molecule is COc1cc([C@@H]2CCNC2)cc(F)c1F. The van der Waals surface area contributed by atoms with E-state index in [0.29, 0.717) is 0 Å². The van der Waals surface area contributed by atoms with Gasteiger partial charge in [0.25, 0.3) is 0 Å². The average Bonchev–Trinajstić information content (AvgIpc) is 2.75. The minimum atomic E-state index is -0.910. The number of methoxy groups -OCH3 is 1. The molecular formula is C11H13F2NO. The maximum absolute atomic E-state index is 13.2. The summed E-state index contributed by atoms with van der Waals surface area (Å²) in [4.78, 5) is 0. The van der Waals surface area contributed by atoms with Crippen molar-refractivity contribution in [3.8, 4) is 5.75 Å². The Morgan fingerprint density at radius 3 is 2.80 bits per heavy atom. The smallest absolute Gasteiger partial charge is 0.200 e. The van der Waals surface area contributed by atoms with E-state index in [4.69, 9.17) is 4.74 Å². The zero-order valence-electron chi connectivity index (χ0n) is 8.52. The lowest BCUT2D eigenvalue weighted by molar-refractivity contribution is 0.370. The van der Waals surface area contributed by atoms with Gasteiger partial charge < -0.3 is 10.1 Å². The molecule has 1 aliphatic rings. The molecule has 1 aliphatic heterocycles. The molecule has 0 spiro atoms. The van der Waals surface area contributed by atoms with Gasteiger partial charge in [0.2, 0.25) is 5.82 Å². The lowest BCUT2D eigenvalue weighted by Gasteiger charge is -2.11. The van der Waals surface area contributed by atoms with Gasteiger partial charge in [-0.25, -0.2) is 4.39 Å². The molecule has 1 atom stereocenters. The second-order valence-electron chi connectivity index (χ2n) is 3.71. The Hall–Kier alpha value is -1.16. The zero-order valence-corrected chi connectivity index (χ0v) is 8.52. The summed E-state index contributed by atoms with van der Waals surface area (Å²) in [7, 11) is 1.34. The maximum Gasteiger partial charge on any atom is 0.200 e. The summed E-state index contributed by atoms with van der Waals surface area (Å²) in [6, 6.07) is 2.84. The van der Waals surface area contributed by atoms with Gasteiger partial charge in [-0.15, -0.1) is 0 Å². The number of hydrogen-bond donors (Lipinski definition) is 1. The van der Waals surface area contributed by atoms with Gasteiger partial charge in [-0.2, -0.15) is 4.39 Å². The van der Waals surface area contributed by atoms with Gasteiger partial charge in [0.05, 0.1) is 7.11 Å². The highest BCUT2D eigenvalue weighted by atomic mass is 19.2. The predicted octanol–water partition coefficient (Wildman–Crippen LogP) is 2.05. The fourth-order valence-electron chi connectivity index (χ4n) is 1.91. The van der Waals surface area contributed by atoms with Crippen molar-refractivity contribution in [2.75, 3.05) is 20.2 Å². The van der Waals surface area contributed by atoms with Crippen molar-refractivity contribution in [2.24, 2.45) is 0 Å². The molecule has 1 saturated heterocycles. The molecule has 1 aromatic rings. The zero-order chi connectivity index (χ0) is 10.8. The van der Waals surface area contributed by atoms with Gasteiger partial charge in [0.15, 0.2) is 11.6 Å². The quantitative estimate of drug-likeness (QED) is 0.811. The van der Waals surface area contributed by atoms with Crippen LogP contribution in [0, 0.1) is 11.6 Å². The van der Waals surface area contributed by atoms with Crippen molar-refractivity contribution in [1.82, 2.24) is 5.32 Å². The minimum Gasteiger partial charge on any atom is -0.494 e. The molecule has 1 aromatic carbocycles. The molecule has 2 rings (SSSR count). The molecule has 1 heterocycles. The first-order valence-electron chi connectivity index (χ1n) is 4.96. The first-order valence-corrected chi connectivity index (χ1v) is 4.96. The molecule has 4 heteroatoms. The summed E-state index contributed by atoms with van der Waals surface area (Å²) in [5.74, 6) is -1.51. The molecule has 0 radical (unpaired) electrons. The predicted molar refractivity (Wildman–Crippen MR) is 53.1 cm³/mol. The van der Waals surface area contributed by atoms with Gasteiger partial charge >= 0.3 is 0 Å². The third kappa shape index (κ3) is 1.95. The molecular weight excluding hydrogens is 200 g/mol. The van der Waals surface area contributed by atoms with Crippen molar-refractivity contribution in [2.45, 2.75) is 12.3 Å². The Morgan fingerprint density at radius 1 is 1.40 bits per heavy atom. The van der Waals surface area contributed by atoms with Crippen LogP contribution in [0.4, 0.5) is 8.78 Å². The first-order chi connectivity index (χ1) is 7.22. The fraction of sp³-hybridized carbons (Fsp3) is 0.455. The first kappa shape index (κ1) is 10.4. The van der Waals surface area contributed by atoms with Crippen LogP contribution in [-0.4, -0.2) is 20.2 Å². The third-order valence-corrected chi connectivity index (χ3v) is 2.77. The molecule has 0 unspecified atom stereocenters.